The fourth-order valence-electron chi connectivity index (χ4n) is 2.69. The largest absolute Gasteiger partial charge is 0.504 e. The summed E-state index contributed by atoms with van der Waals surface area (Å²) in [6, 6.07) is 1.30. The zero-order valence-corrected chi connectivity index (χ0v) is 11.9. The molecule has 1 aliphatic carbocycles. The molecule has 1 aromatic rings. The van der Waals surface area contributed by atoms with Crippen molar-refractivity contribution in [2.24, 2.45) is 5.73 Å². The predicted octanol–water partition coefficient (Wildman–Crippen LogP) is 3.42. The molecule has 0 aromatic heterocycles. The first-order valence-corrected chi connectivity index (χ1v) is 6.83. The lowest BCUT2D eigenvalue weighted by atomic mass is 9.77. The summed E-state index contributed by atoms with van der Waals surface area (Å²) in [4.78, 5) is 0. The molecule has 0 spiro atoms. The Morgan fingerprint density at radius 1 is 1.39 bits per heavy atom. The van der Waals surface area contributed by atoms with Gasteiger partial charge in [-0.1, -0.05) is 19.3 Å². The van der Waals surface area contributed by atoms with Gasteiger partial charge in [0.1, 0.15) is 5.82 Å². The Kier molecular flexibility index (Phi) is 3.82. The van der Waals surface area contributed by atoms with E-state index in [0.717, 1.165) is 19.3 Å². The van der Waals surface area contributed by atoms with Gasteiger partial charge in [-0.15, -0.1) is 0 Å². The molecule has 0 saturated heterocycles. The van der Waals surface area contributed by atoms with E-state index < -0.39 is 11.4 Å². The van der Waals surface area contributed by atoms with Crippen molar-refractivity contribution >= 4 is 15.9 Å². The van der Waals surface area contributed by atoms with Gasteiger partial charge in [0.15, 0.2) is 11.5 Å². The van der Waals surface area contributed by atoms with Crippen LogP contribution in [0.25, 0.3) is 0 Å². The van der Waals surface area contributed by atoms with E-state index in [9.17, 15) is 9.50 Å². The molecule has 0 unspecified atom stereocenters. The molecule has 1 aliphatic rings. The summed E-state index contributed by atoms with van der Waals surface area (Å²) in [6.07, 6.45) is 4.38. The first-order chi connectivity index (χ1) is 8.49. The number of methoxy groups -OCH3 is 1. The molecule has 0 heterocycles. The zero-order chi connectivity index (χ0) is 13.3. The molecule has 0 aliphatic heterocycles. The monoisotopic (exact) mass is 317 g/mol. The molecule has 0 atom stereocenters. The maximum absolute atomic E-state index is 14.1. The summed E-state index contributed by atoms with van der Waals surface area (Å²) in [5.41, 5.74) is 5.68. The van der Waals surface area contributed by atoms with Gasteiger partial charge in [-0.25, -0.2) is 4.39 Å². The average Bonchev–Trinajstić information content (AvgIpc) is 2.29. The van der Waals surface area contributed by atoms with Gasteiger partial charge in [-0.2, -0.15) is 0 Å². The standard InChI is InChI=1S/C13H17BrFNO2/c1-18-12-8(14)7-9(15)10(11(12)17)13(16)5-3-2-4-6-13/h7,17H,2-6,16H2,1H3. The van der Waals surface area contributed by atoms with Crippen LogP contribution in [0.2, 0.25) is 0 Å². The molecule has 0 bridgehead atoms. The van der Waals surface area contributed by atoms with Crippen molar-refractivity contribution in [1.29, 1.82) is 0 Å². The Morgan fingerprint density at radius 2 is 2.00 bits per heavy atom. The van der Waals surface area contributed by atoms with Gasteiger partial charge < -0.3 is 15.6 Å². The van der Waals surface area contributed by atoms with Crippen LogP contribution in [-0.2, 0) is 5.54 Å². The highest BCUT2D eigenvalue weighted by Crippen LogP contribution is 2.46. The lowest BCUT2D eigenvalue weighted by molar-refractivity contribution is 0.276. The Morgan fingerprint density at radius 3 is 2.56 bits per heavy atom. The van der Waals surface area contributed by atoms with Crippen LogP contribution in [0.4, 0.5) is 4.39 Å². The Bertz CT molecular complexity index is 459. The number of nitrogens with two attached hydrogens (primary N) is 1. The number of phenolic OH excluding ortho intramolecular Hbond substituents is 1. The Labute approximate surface area is 114 Å². The van der Waals surface area contributed by atoms with E-state index >= 15 is 0 Å². The van der Waals surface area contributed by atoms with Crippen LogP contribution < -0.4 is 10.5 Å². The minimum atomic E-state index is -0.791. The second-order valence-electron chi connectivity index (χ2n) is 4.81. The van der Waals surface area contributed by atoms with Crippen LogP contribution in [0, 0.1) is 5.82 Å². The van der Waals surface area contributed by atoms with E-state index in [-0.39, 0.29) is 17.1 Å². The van der Waals surface area contributed by atoms with Crippen molar-refractivity contribution in [2.45, 2.75) is 37.6 Å². The second-order valence-corrected chi connectivity index (χ2v) is 5.67. The number of ether oxygens (including phenoxy) is 1. The fraction of sp³-hybridized carbons (Fsp3) is 0.538. The van der Waals surface area contributed by atoms with Gasteiger partial charge in [-0.05, 0) is 34.8 Å². The zero-order valence-electron chi connectivity index (χ0n) is 10.3. The lowest BCUT2D eigenvalue weighted by Crippen LogP contribution is -2.39. The first-order valence-electron chi connectivity index (χ1n) is 6.04. The maximum Gasteiger partial charge on any atom is 0.175 e. The topological polar surface area (TPSA) is 55.5 Å². The number of rotatable bonds is 2. The molecule has 1 fully saturated rings. The number of halogens is 2. The van der Waals surface area contributed by atoms with Gasteiger partial charge in [0.05, 0.1) is 17.1 Å². The van der Waals surface area contributed by atoms with Crippen LogP contribution >= 0.6 is 15.9 Å². The van der Waals surface area contributed by atoms with Crippen LogP contribution in [0.5, 0.6) is 11.5 Å². The minimum absolute atomic E-state index is 0.183. The normalized spacial score (nSPS) is 18.7. The van der Waals surface area contributed by atoms with E-state index in [4.69, 9.17) is 10.5 Å². The van der Waals surface area contributed by atoms with Crippen LogP contribution in [0.3, 0.4) is 0 Å². The maximum atomic E-state index is 14.1. The van der Waals surface area contributed by atoms with Crippen molar-refractivity contribution in [2.75, 3.05) is 7.11 Å². The highest BCUT2D eigenvalue weighted by Gasteiger charge is 2.36. The second kappa shape index (κ2) is 5.05. The summed E-state index contributed by atoms with van der Waals surface area (Å²) >= 11 is 3.17. The van der Waals surface area contributed by atoms with Crippen molar-refractivity contribution in [3.63, 3.8) is 0 Å². The van der Waals surface area contributed by atoms with Crippen LogP contribution in [-0.4, -0.2) is 12.2 Å². The van der Waals surface area contributed by atoms with Crippen molar-refractivity contribution < 1.29 is 14.2 Å². The van der Waals surface area contributed by atoms with Crippen molar-refractivity contribution in [1.82, 2.24) is 0 Å². The minimum Gasteiger partial charge on any atom is -0.504 e. The van der Waals surface area contributed by atoms with E-state index in [0.29, 0.717) is 17.3 Å². The molecule has 100 valence electrons. The number of hydrogen-bond acceptors (Lipinski definition) is 3. The van der Waals surface area contributed by atoms with E-state index in [1.54, 1.807) is 0 Å². The molecular formula is C13H17BrFNO2. The third-order valence-electron chi connectivity index (χ3n) is 3.61. The van der Waals surface area contributed by atoms with Gasteiger partial charge >= 0.3 is 0 Å². The molecule has 5 heteroatoms. The molecule has 0 amide bonds. The fourth-order valence-corrected chi connectivity index (χ4v) is 3.24. The Balaban J connectivity index is 2.56. The molecule has 0 radical (unpaired) electrons. The average molecular weight is 318 g/mol. The molecule has 1 aromatic carbocycles. The van der Waals surface area contributed by atoms with Gasteiger partial charge in [-0.3, -0.25) is 0 Å². The number of hydrogen-bond donors (Lipinski definition) is 2. The Hall–Kier alpha value is -0.810. The van der Waals surface area contributed by atoms with Gasteiger partial charge in [0.2, 0.25) is 0 Å². The molecule has 3 N–H and O–H groups in total. The third kappa shape index (κ3) is 2.21. The molecule has 2 rings (SSSR count). The number of benzene rings is 1. The summed E-state index contributed by atoms with van der Waals surface area (Å²) in [6.45, 7) is 0. The van der Waals surface area contributed by atoms with Crippen molar-refractivity contribution in [3.05, 3.63) is 21.9 Å². The summed E-state index contributed by atoms with van der Waals surface area (Å²) < 4.78 is 19.6. The summed E-state index contributed by atoms with van der Waals surface area (Å²) in [5, 5.41) is 10.2. The first kappa shape index (κ1) is 13.6. The lowest BCUT2D eigenvalue weighted by Gasteiger charge is -2.34. The SMILES string of the molecule is COc1c(Br)cc(F)c(C2(N)CCCCC2)c1O. The summed E-state index contributed by atoms with van der Waals surface area (Å²) in [5.74, 6) is -0.430. The third-order valence-corrected chi connectivity index (χ3v) is 4.20. The number of aromatic hydroxyl groups is 1. The highest BCUT2D eigenvalue weighted by atomic mass is 79.9. The van der Waals surface area contributed by atoms with E-state index in [1.807, 2.05) is 0 Å². The van der Waals surface area contributed by atoms with E-state index in [1.165, 1.54) is 13.2 Å². The van der Waals surface area contributed by atoms with E-state index in [2.05, 4.69) is 15.9 Å². The summed E-state index contributed by atoms with van der Waals surface area (Å²) in [7, 11) is 1.44. The number of phenols is 1. The van der Waals surface area contributed by atoms with Gasteiger partial charge in [0.25, 0.3) is 0 Å². The van der Waals surface area contributed by atoms with Gasteiger partial charge in [0, 0.05) is 5.54 Å². The van der Waals surface area contributed by atoms with Crippen molar-refractivity contribution in [3.8, 4) is 11.5 Å². The predicted molar refractivity (Wildman–Crippen MR) is 71.3 cm³/mol. The quantitative estimate of drug-likeness (QED) is 0.878. The highest BCUT2D eigenvalue weighted by molar-refractivity contribution is 9.10. The molecule has 3 nitrogen and oxygen atoms in total. The smallest absolute Gasteiger partial charge is 0.175 e. The van der Waals surface area contributed by atoms with Crippen LogP contribution in [0.1, 0.15) is 37.7 Å². The molecule has 1 saturated carbocycles. The molecular weight excluding hydrogens is 301 g/mol. The molecule has 18 heavy (non-hydrogen) atoms. The van der Waals surface area contributed by atoms with Crippen LogP contribution in [0.15, 0.2) is 10.5 Å².